The van der Waals surface area contributed by atoms with Gasteiger partial charge in [-0.05, 0) is 104 Å². The molecule has 2 spiro atoms. The molecule has 0 unspecified atom stereocenters. The molecule has 3 aliphatic carbocycles. The molecular weight excluding hydrogens is 605 g/mol. The molecule has 0 saturated heterocycles. The minimum atomic E-state index is -0.469. The molecule has 1 saturated carbocycles. The number of fused-ring (bicyclic) bond motifs is 14. The van der Waals surface area contributed by atoms with Gasteiger partial charge >= 0.3 is 0 Å². The van der Waals surface area contributed by atoms with Gasteiger partial charge in [-0.2, -0.15) is 0 Å². The fraction of sp³-hybridized carbons (Fsp3) is 0.143. The molecule has 50 heavy (non-hydrogen) atoms. The van der Waals surface area contributed by atoms with Crippen LogP contribution in [0.25, 0.3) is 44.5 Å². The van der Waals surface area contributed by atoms with E-state index < -0.39 is 5.41 Å². The summed E-state index contributed by atoms with van der Waals surface area (Å²) in [6.45, 7) is 0. The molecule has 1 aliphatic heterocycles. The number of ether oxygens (including phenoxy) is 1. The number of benzene rings is 7. The van der Waals surface area contributed by atoms with E-state index in [1.54, 1.807) is 0 Å². The molecule has 4 aliphatic rings. The lowest BCUT2D eigenvalue weighted by molar-refractivity contribution is 0.353. The van der Waals surface area contributed by atoms with Crippen LogP contribution < -0.4 is 4.74 Å². The molecule has 1 nitrogen and oxygen atoms in total. The summed E-state index contributed by atoms with van der Waals surface area (Å²) in [5.74, 6) is 1.85. The van der Waals surface area contributed by atoms with E-state index in [-0.39, 0.29) is 5.41 Å². The summed E-state index contributed by atoms with van der Waals surface area (Å²) >= 11 is 0. The van der Waals surface area contributed by atoms with Crippen molar-refractivity contribution in [2.45, 2.75) is 42.9 Å². The van der Waals surface area contributed by atoms with Crippen molar-refractivity contribution in [2.75, 3.05) is 0 Å². The highest BCUT2D eigenvalue weighted by Crippen LogP contribution is 2.62. The van der Waals surface area contributed by atoms with Crippen molar-refractivity contribution in [3.05, 3.63) is 191 Å². The summed E-state index contributed by atoms with van der Waals surface area (Å²) in [6.07, 6.45) is 6.44. The fourth-order valence-corrected chi connectivity index (χ4v) is 10.3. The standard InChI is InChI=1S/C49H36O/c1-10-28-48(29-11-1)39-20-5-4-18-38(39)47-35(19-13-24-43(47)48)34-15-12-14-32(30-34)33-26-27-46-44(31-33)49(42-23-8-9-25-45(42)50-46)40-21-6-2-16-36(40)37-17-3-7-22-41(37)49/h2-9,12-27,30-31H,1,10-11,28-29H2. The van der Waals surface area contributed by atoms with E-state index in [1.165, 1.54) is 110 Å². The van der Waals surface area contributed by atoms with Crippen LogP contribution in [0.15, 0.2) is 158 Å². The van der Waals surface area contributed by atoms with Gasteiger partial charge in [0.1, 0.15) is 11.5 Å². The van der Waals surface area contributed by atoms with E-state index >= 15 is 0 Å². The largest absolute Gasteiger partial charge is 0.457 e. The van der Waals surface area contributed by atoms with Gasteiger partial charge in [-0.3, -0.25) is 0 Å². The van der Waals surface area contributed by atoms with Crippen molar-refractivity contribution in [1.82, 2.24) is 0 Å². The van der Waals surface area contributed by atoms with Crippen molar-refractivity contribution in [3.63, 3.8) is 0 Å². The zero-order valence-electron chi connectivity index (χ0n) is 28.0. The zero-order chi connectivity index (χ0) is 32.9. The molecule has 1 heteroatoms. The second-order valence-electron chi connectivity index (χ2n) is 14.6. The number of rotatable bonds is 2. The third-order valence-corrected chi connectivity index (χ3v) is 12.4. The highest BCUT2D eigenvalue weighted by atomic mass is 16.5. The van der Waals surface area contributed by atoms with E-state index in [2.05, 4.69) is 158 Å². The second kappa shape index (κ2) is 10.4. The maximum absolute atomic E-state index is 6.72. The number of hydrogen-bond acceptors (Lipinski definition) is 1. The average molecular weight is 641 g/mol. The Labute approximate surface area is 293 Å². The van der Waals surface area contributed by atoms with Crippen LogP contribution in [0.1, 0.15) is 65.5 Å². The monoisotopic (exact) mass is 640 g/mol. The van der Waals surface area contributed by atoms with Crippen molar-refractivity contribution < 1.29 is 4.74 Å². The first-order valence-electron chi connectivity index (χ1n) is 18.2. The summed E-state index contributed by atoms with van der Waals surface area (Å²) in [4.78, 5) is 0. The molecule has 0 aromatic heterocycles. The van der Waals surface area contributed by atoms with Crippen LogP contribution in [0.3, 0.4) is 0 Å². The van der Waals surface area contributed by atoms with Gasteiger partial charge < -0.3 is 4.74 Å². The van der Waals surface area contributed by atoms with Gasteiger partial charge in [0.15, 0.2) is 0 Å². The van der Waals surface area contributed by atoms with E-state index in [0.29, 0.717) is 0 Å². The van der Waals surface area contributed by atoms with Crippen molar-refractivity contribution in [1.29, 1.82) is 0 Å². The Morgan fingerprint density at radius 3 is 1.70 bits per heavy atom. The predicted molar refractivity (Wildman–Crippen MR) is 204 cm³/mol. The lowest BCUT2D eigenvalue weighted by Crippen LogP contribution is -2.32. The van der Waals surface area contributed by atoms with Crippen molar-refractivity contribution in [3.8, 4) is 56.0 Å². The topological polar surface area (TPSA) is 9.23 Å². The summed E-state index contributed by atoms with van der Waals surface area (Å²) in [7, 11) is 0. The molecule has 0 radical (unpaired) electrons. The summed E-state index contributed by atoms with van der Waals surface area (Å²) < 4.78 is 6.72. The quantitative estimate of drug-likeness (QED) is 0.183. The second-order valence-corrected chi connectivity index (χ2v) is 14.6. The maximum atomic E-state index is 6.72. The van der Waals surface area contributed by atoms with Gasteiger partial charge in [0.25, 0.3) is 0 Å². The van der Waals surface area contributed by atoms with Crippen LogP contribution in [-0.4, -0.2) is 0 Å². The van der Waals surface area contributed by atoms with Gasteiger partial charge in [0.05, 0.1) is 5.41 Å². The van der Waals surface area contributed by atoms with Gasteiger partial charge in [-0.1, -0.05) is 153 Å². The molecule has 0 atom stereocenters. The molecule has 7 aromatic rings. The van der Waals surface area contributed by atoms with E-state index in [0.717, 1.165) is 11.5 Å². The Bertz CT molecular complexity index is 2470. The van der Waals surface area contributed by atoms with Gasteiger partial charge in [0, 0.05) is 16.5 Å². The lowest BCUT2D eigenvalue weighted by Gasteiger charge is -2.39. The highest BCUT2D eigenvalue weighted by Gasteiger charge is 2.51. The molecule has 238 valence electrons. The zero-order valence-corrected chi connectivity index (χ0v) is 28.0. The van der Waals surface area contributed by atoms with E-state index in [1.807, 2.05) is 0 Å². The Kier molecular flexibility index (Phi) is 5.88. The molecule has 0 bridgehead atoms. The maximum Gasteiger partial charge on any atom is 0.132 e. The first-order chi connectivity index (χ1) is 24.8. The van der Waals surface area contributed by atoms with Crippen LogP contribution >= 0.6 is 0 Å². The van der Waals surface area contributed by atoms with Crippen LogP contribution in [0.2, 0.25) is 0 Å². The molecular formula is C49H36O. The Balaban J connectivity index is 1.10. The van der Waals surface area contributed by atoms with Gasteiger partial charge in [0.2, 0.25) is 0 Å². The number of para-hydroxylation sites is 1. The fourth-order valence-electron chi connectivity index (χ4n) is 10.3. The van der Waals surface area contributed by atoms with E-state index in [9.17, 15) is 0 Å². The molecule has 1 fully saturated rings. The predicted octanol–water partition coefficient (Wildman–Crippen LogP) is 12.7. The van der Waals surface area contributed by atoms with Crippen LogP contribution in [0.5, 0.6) is 11.5 Å². The highest BCUT2D eigenvalue weighted by molar-refractivity contribution is 5.94. The summed E-state index contributed by atoms with van der Waals surface area (Å²) in [6, 6.07) is 58.9. The Morgan fingerprint density at radius 2 is 0.920 bits per heavy atom. The SMILES string of the molecule is c1cc(-c2ccc3c(c2)C2(c4ccccc4O3)c3ccccc3-c3ccccc32)cc(-c2cccc3c2-c2ccccc2C32CCCCC2)c1. The van der Waals surface area contributed by atoms with Gasteiger partial charge in [-0.15, -0.1) is 0 Å². The Hall–Kier alpha value is -5.66. The number of hydrogen-bond donors (Lipinski definition) is 0. The van der Waals surface area contributed by atoms with Crippen LogP contribution in [-0.2, 0) is 10.8 Å². The average Bonchev–Trinajstić information content (AvgIpc) is 3.63. The normalized spacial score (nSPS) is 16.5. The van der Waals surface area contributed by atoms with Crippen molar-refractivity contribution in [2.24, 2.45) is 0 Å². The molecule has 1 heterocycles. The van der Waals surface area contributed by atoms with Crippen molar-refractivity contribution >= 4 is 0 Å². The molecule has 0 N–H and O–H groups in total. The Morgan fingerprint density at radius 1 is 0.360 bits per heavy atom. The van der Waals surface area contributed by atoms with Gasteiger partial charge in [-0.25, -0.2) is 0 Å². The van der Waals surface area contributed by atoms with Crippen LogP contribution in [0, 0.1) is 0 Å². The smallest absolute Gasteiger partial charge is 0.132 e. The molecule has 11 rings (SSSR count). The van der Waals surface area contributed by atoms with Crippen LogP contribution in [0.4, 0.5) is 0 Å². The first kappa shape index (κ1) is 28.2. The third kappa shape index (κ3) is 3.62. The summed E-state index contributed by atoms with van der Waals surface area (Å²) in [5, 5.41) is 0. The first-order valence-corrected chi connectivity index (χ1v) is 18.2. The third-order valence-electron chi connectivity index (χ3n) is 12.4. The molecule has 0 amide bonds. The lowest BCUT2D eigenvalue weighted by atomic mass is 9.66. The minimum Gasteiger partial charge on any atom is -0.457 e. The van der Waals surface area contributed by atoms with E-state index in [4.69, 9.17) is 4.74 Å². The summed E-state index contributed by atoms with van der Waals surface area (Å²) in [5.41, 5.74) is 18.3. The molecule has 7 aromatic carbocycles. The minimum absolute atomic E-state index is 0.148.